The van der Waals surface area contributed by atoms with E-state index >= 15 is 0 Å². The van der Waals surface area contributed by atoms with E-state index in [0.717, 1.165) is 12.8 Å². The van der Waals surface area contributed by atoms with Crippen LogP contribution in [0, 0.1) is 5.92 Å². The van der Waals surface area contributed by atoms with Gasteiger partial charge in [0.2, 0.25) is 5.88 Å². The van der Waals surface area contributed by atoms with Gasteiger partial charge in [0, 0.05) is 24.1 Å². The molecule has 1 N–H and O–H groups in total. The van der Waals surface area contributed by atoms with Gasteiger partial charge in [-0.2, -0.15) is 0 Å². The number of piperidine rings is 2. The number of carbonyl (C=O) groups is 1. The molecule has 0 spiro atoms. The number of carbonyl (C=O) groups excluding carboxylic acids is 1. The molecule has 1 aromatic rings. The highest BCUT2D eigenvalue weighted by atomic mass is 16.5. The molecule has 1 aromatic heterocycles. The lowest BCUT2D eigenvalue weighted by Crippen LogP contribution is -2.50. The molecule has 2 bridgehead atoms. The number of ether oxygens (including phenoxy) is 1. The second-order valence-electron chi connectivity index (χ2n) is 5.48. The van der Waals surface area contributed by atoms with E-state index in [9.17, 15) is 4.79 Å². The van der Waals surface area contributed by atoms with Crippen LogP contribution < -0.4 is 10.1 Å². The summed E-state index contributed by atoms with van der Waals surface area (Å²) in [6, 6.07) is 4.43. The number of ketones is 1. The zero-order valence-corrected chi connectivity index (χ0v) is 11.1. The number of aromatic nitrogens is 2. The third-order valence-corrected chi connectivity index (χ3v) is 4.19. The molecule has 19 heavy (non-hydrogen) atoms. The van der Waals surface area contributed by atoms with Crippen molar-refractivity contribution in [2.24, 2.45) is 5.92 Å². The van der Waals surface area contributed by atoms with Crippen LogP contribution in [0.4, 0.5) is 0 Å². The maximum absolute atomic E-state index is 12.5. The Kier molecular flexibility index (Phi) is 3.46. The van der Waals surface area contributed by atoms with E-state index in [0.29, 0.717) is 23.7 Å². The minimum absolute atomic E-state index is 0.0965. The standard InChI is InChI=1S/C14H19N3O2/c1-19-13-6-5-12(16-17-13)14(18)9-7-10-3-2-4-11(8-9)15-10/h5-6,9-11,15H,2-4,7-8H2,1H3. The predicted molar refractivity (Wildman–Crippen MR) is 70.2 cm³/mol. The van der Waals surface area contributed by atoms with E-state index < -0.39 is 0 Å². The number of fused-ring (bicyclic) bond motifs is 2. The van der Waals surface area contributed by atoms with Gasteiger partial charge in [-0.15, -0.1) is 10.2 Å². The third-order valence-electron chi connectivity index (χ3n) is 4.19. The molecule has 2 unspecified atom stereocenters. The summed E-state index contributed by atoms with van der Waals surface area (Å²) in [7, 11) is 1.54. The number of methoxy groups -OCH3 is 1. The molecule has 5 nitrogen and oxygen atoms in total. The molecule has 2 fully saturated rings. The van der Waals surface area contributed by atoms with Gasteiger partial charge in [-0.1, -0.05) is 6.42 Å². The van der Waals surface area contributed by atoms with Gasteiger partial charge in [0.25, 0.3) is 0 Å². The SMILES string of the molecule is COc1ccc(C(=O)C2CC3CCCC(C2)N3)nn1. The van der Waals surface area contributed by atoms with Crippen molar-refractivity contribution in [2.45, 2.75) is 44.2 Å². The normalized spacial score (nSPS) is 29.8. The number of rotatable bonds is 3. The summed E-state index contributed by atoms with van der Waals surface area (Å²) in [5.41, 5.74) is 0.464. The van der Waals surface area contributed by atoms with Gasteiger partial charge in [-0.3, -0.25) is 4.79 Å². The lowest BCUT2D eigenvalue weighted by Gasteiger charge is -2.39. The number of nitrogens with one attached hydrogen (secondary N) is 1. The Hall–Kier alpha value is -1.49. The first-order valence-electron chi connectivity index (χ1n) is 6.94. The molecule has 2 saturated heterocycles. The van der Waals surface area contributed by atoms with Crippen molar-refractivity contribution in [3.63, 3.8) is 0 Å². The summed E-state index contributed by atoms with van der Waals surface area (Å²) in [4.78, 5) is 12.5. The molecule has 3 rings (SSSR count). The Morgan fingerprint density at radius 2 is 2.00 bits per heavy atom. The van der Waals surface area contributed by atoms with Crippen molar-refractivity contribution < 1.29 is 9.53 Å². The van der Waals surface area contributed by atoms with Crippen LogP contribution in [0.2, 0.25) is 0 Å². The second-order valence-corrected chi connectivity index (χ2v) is 5.48. The van der Waals surface area contributed by atoms with E-state index in [4.69, 9.17) is 4.74 Å². The second kappa shape index (κ2) is 5.25. The molecular formula is C14H19N3O2. The molecule has 102 valence electrons. The average molecular weight is 261 g/mol. The van der Waals surface area contributed by atoms with E-state index in [1.54, 1.807) is 19.2 Å². The molecule has 2 atom stereocenters. The summed E-state index contributed by atoms with van der Waals surface area (Å²) in [5.74, 6) is 0.673. The first kappa shape index (κ1) is 12.5. The maximum Gasteiger partial charge on any atom is 0.233 e. The fourth-order valence-electron chi connectivity index (χ4n) is 3.25. The van der Waals surface area contributed by atoms with Crippen LogP contribution in [0.1, 0.15) is 42.6 Å². The van der Waals surface area contributed by atoms with Gasteiger partial charge in [0.15, 0.2) is 5.78 Å². The summed E-state index contributed by atoms with van der Waals surface area (Å²) in [6.07, 6.45) is 5.53. The molecule has 3 heterocycles. The summed E-state index contributed by atoms with van der Waals surface area (Å²) >= 11 is 0. The molecule has 5 heteroatoms. The van der Waals surface area contributed by atoms with Crippen LogP contribution >= 0.6 is 0 Å². The fraction of sp³-hybridized carbons (Fsp3) is 0.643. The van der Waals surface area contributed by atoms with Crippen molar-refractivity contribution in [1.82, 2.24) is 15.5 Å². The summed E-state index contributed by atoms with van der Waals surface area (Å²) in [5, 5.41) is 11.4. The largest absolute Gasteiger partial charge is 0.480 e. The summed E-state index contributed by atoms with van der Waals surface area (Å²) < 4.78 is 4.96. The van der Waals surface area contributed by atoms with Gasteiger partial charge in [0.05, 0.1) is 7.11 Å². The Bertz CT molecular complexity index is 448. The molecule has 2 aliphatic heterocycles. The molecular weight excluding hydrogens is 242 g/mol. The zero-order chi connectivity index (χ0) is 13.2. The topological polar surface area (TPSA) is 64.1 Å². The van der Waals surface area contributed by atoms with Crippen molar-refractivity contribution in [3.8, 4) is 5.88 Å². The van der Waals surface area contributed by atoms with Crippen LogP contribution in [-0.2, 0) is 0 Å². The Labute approximate surface area is 112 Å². The average Bonchev–Trinajstić information content (AvgIpc) is 2.46. The van der Waals surface area contributed by atoms with Gasteiger partial charge >= 0.3 is 0 Å². The van der Waals surface area contributed by atoms with Crippen LogP contribution in [0.3, 0.4) is 0 Å². The number of hydrogen-bond acceptors (Lipinski definition) is 5. The van der Waals surface area contributed by atoms with E-state index in [2.05, 4.69) is 15.5 Å². The van der Waals surface area contributed by atoms with Crippen molar-refractivity contribution in [1.29, 1.82) is 0 Å². The number of Topliss-reactive ketones (excluding diaryl/α,β-unsaturated/α-hetero) is 1. The van der Waals surface area contributed by atoms with E-state index in [1.807, 2.05) is 0 Å². The minimum Gasteiger partial charge on any atom is -0.480 e. The van der Waals surface area contributed by atoms with Crippen LogP contribution in [0.5, 0.6) is 5.88 Å². The quantitative estimate of drug-likeness (QED) is 0.837. The zero-order valence-electron chi connectivity index (χ0n) is 11.1. The van der Waals surface area contributed by atoms with Gasteiger partial charge in [-0.25, -0.2) is 0 Å². The van der Waals surface area contributed by atoms with Gasteiger partial charge in [-0.05, 0) is 31.7 Å². The lowest BCUT2D eigenvalue weighted by atomic mass is 9.78. The Morgan fingerprint density at radius 1 is 1.26 bits per heavy atom. The lowest BCUT2D eigenvalue weighted by molar-refractivity contribution is 0.0818. The smallest absolute Gasteiger partial charge is 0.233 e. The Balaban J connectivity index is 1.72. The highest BCUT2D eigenvalue weighted by molar-refractivity contribution is 5.96. The third kappa shape index (κ3) is 2.61. The predicted octanol–water partition coefficient (Wildman–Crippen LogP) is 1.59. The van der Waals surface area contributed by atoms with Crippen LogP contribution in [-0.4, -0.2) is 35.2 Å². The van der Waals surface area contributed by atoms with Gasteiger partial charge in [0.1, 0.15) is 5.69 Å². The number of hydrogen-bond donors (Lipinski definition) is 1. The fourth-order valence-corrected chi connectivity index (χ4v) is 3.25. The first-order valence-corrected chi connectivity index (χ1v) is 6.94. The van der Waals surface area contributed by atoms with Crippen molar-refractivity contribution >= 4 is 5.78 Å². The van der Waals surface area contributed by atoms with E-state index in [1.165, 1.54) is 19.3 Å². The van der Waals surface area contributed by atoms with E-state index in [-0.39, 0.29) is 11.7 Å². The van der Waals surface area contributed by atoms with Crippen LogP contribution in [0.15, 0.2) is 12.1 Å². The monoisotopic (exact) mass is 261 g/mol. The highest BCUT2D eigenvalue weighted by Crippen LogP contribution is 2.31. The number of nitrogens with zero attached hydrogens (tertiary/aromatic N) is 2. The molecule has 2 aliphatic rings. The van der Waals surface area contributed by atoms with Crippen molar-refractivity contribution in [3.05, 3.63) is 17.8 Å². The molecule has 0 aliphatic carbocycles. The molecule has 0 saturated carbocycles. The minimum atomic E-state index is 0.0965. The van der Waals surface area contributed by atoms with Crippen molar-refractivity contribution in [2.75, 3.05) is 7.11 Å². The maximum atomic E-state index is 12.5. The highest BCUT2D eigenvalue weighted by Gasteiger charge is 2.35. The summed E-state index contributed by atoms with van der Waals surface area (Å²) in [6.45, 7) is 0. The van der Waals surface area contributed by atoms with Crippen LogP contribution in [0.25, 0.3) is 0 Å². The molecule has 0 aromatic carbocycles. The molecule has 0 amide bonds. The Morgan fingerprint density at radius 3 is 2.58 bits per heavy atom. The van der Waals surface area contributed by atoms with Gasteiger partial charge < -0.3 is 10.1 Å². The first-order chi connectivity index (χ1) is 9.26. The molecule has 0 radical (unpaired) electrons.